The zero-order valence-corrected chi connectivity index (χ0v) is 5.96. The van der Waals surface area contributed by atoms with Gasteiger partial charge in [-0.05, 0) is 0 Å². The maximum absolute atomic E-state index is 8.93. The molecule has 10 heavy (non-hydrogen) atoms. The predicted octanol–water partition coefficient (Wildman–Crippen LogP) is 0.844. The van der Waals surface area contributed by atoms with Gasteiger partial charge in [0.2, 0.25) is 5.75 Å². The number of halogens is 1. The Hall–Kier alpha value is -1.03. The first-order valence-electron chi connectivity index (χ1n) is 2.49. The van der Waals surface area contributed by atoms with Crippen molar-refractivity contribution >= 4 is 11.6 Å². The highest BCUT2D eigenvalue weighted by Crippen LogP contribution is 2.28. The van der Waals surface area contributed by atoms with E-state index in [9.17, 15) is 0 Å². The Balaban J connectivity index is 3.17. The lowest BCUT2D eigenvalue weighted by atomic mass is 10.6. The molecule has 0 aliphatic carbocycles. The van der Waals surface area contributed by atoms with Crippen LogP contribution in [-0.4, -0.2) is 22.2 Å². The maximum Gasteiger partial charge on any atom is 0.259 e. The van der Waals surface area contributed by atoms with E-state index in [1.54, 1.807) is 0 Å². The molecule has 0 atom stereocenters. The average molecular weight is 161 g/mol. The molecule has 0 radical (unpaired) electrons. The number of rotatable bonds is 1. The fourth-order valence-electron chi connectivity index (χ4n) is 0.519. The van der Waals surface area contributed by atoms with Gasteiger partial charge in [-0.2, -0.15) is 4.98 Å². The van der Waals surface area contributed by atoms with Gasteiger partial charge in [-0.1, -0.05) is 11.6 Å². The molecule has 0 saturated heterocycles. The maximum atomic E-state index is 8.93. The molecule has 1 heterocycles. The zero-order valence-electron chi connectivity index (χ0n) is 5.21. The van der Waals surface area contributed by atoms with E-state index in [4.69, 9.17) is 16.7 Å². The second kappa shape index (κ2) is 2.70. The van der Waals surface area contributed by atoms with Gasteiger partial charge in [0.1, 0.15) is 6.33 Å². The Bertz CT molecular complexity index is 221. The van der Waals surface area contributed by atoms with Gasteiger partial charge in [-0.25, -0.2) is 4.98 Å². The van der Waals surface area contributed by atoms with Gasteiger partial charge < -0.3 is 9.84 Å². The van der Waals surface area contributed by atoms with Crippen molar-refractivity contribution < 1.29 is 9.84 Å². The standard InChI is InChI=1S/C5H5ClN2O2/c1-10-3-4(6)7-2-8-5(3)9/h2H,1H3,(H,7,8,9). The molecule has 1 aromatic rings. The number of aromatic nitrogens is 2. The van der Waals surface area contributed by atoms with Crippen LogP contribution in [0.4, 0.5) is 0 Å². The fraction of sp³-hybridized carbons (Fsp3) is 0.200. The molecule has 54 valence electrons. The Morgan fingerprint density at radius 1 is 1.60 bits per heavy atom. The van der Waals surface area contributed by atoms with Crippen LogP contribution in [0.3, 0.4) is 0 Å². The van der Waals surface area contributed by atoms with E-state index in [1.165, 1.54) is 7.11 Å². The lowest BCUT2D eigenvalue weighted by Crippen LogP contribution is -1.88. The van der Waals surface area contributed by atoms with E-state index in [2.05, 4.69) is 14.7 Å². The third-order valence-electron chi connectivity index (χ3n) is 0.946. The first kappa shape index (κ1) is 7.08. The van der Waals surface area contributed by atoms with Crippen LogP contribution in [0.2, 0.25) is 5.15 Å². The molecule has 0 aliphatic heterocycles. The van der Waals surface area contributed by atoms with E-state index in [1.807, 2.05) is 0 Å². The summed E-state index contributed by atoms with van der Waals surface area (Å²) in [6.45, 7) is 0. The molecule has 0 bridgehead atoms. The molecule has 1 N–H and O–H groups in total. The smallest absolute Gasteiger partial charge is 0.259 e. The van der Waals surface area contributed by atoms with Crippen molar-refractivity contribution in [2.24, 2.45) is 0 Å². The van der Waals surface area contributed by atoms with E-state index in [-0.39, 0.29) is 16.8 Å². The van der Waals surface area contributed by atoms with Crippen molar-refractivity contribution in [2.75, 3.05) is 7.11 Å². The lowest BCUT2D eigenvalue weighted by molar-refractivity contribution is 0.360. The summed E-state index contributed by atoms with van der Waals surface area (Å²) in [5, 5.41) is 9.04. The van der Waals surface area contributed by atoms with Gasteiger partial charge in [0, 0.05) is 0 Å². The number of methoxy groups -OCH3 is 1. The molecular weight excluding hydrogens is 156 g/mol. The Morgan fingerprint density at radius 2 is 2.30 bits per heavy atom. The summed E-state index contributed by atoms with van der Waals surface area (Å²) < 4.78 is 4.67. The highest BCUT2D eigenvalue weighted by atomic mass is 35.5. The average Bonchev–Trinajstić information content (AvgIpc) is 1.88. The van der Waals surface area contributed by atoms with Crippen LogP contribution in [0, 0.1) is 0 Å². The Kier molecular flexibility index (Phi) is 1.91. The number of hydrogen-bond acceptors (Lipinski definition) is 4. The van der Waals surface area contributed by atoms with Crippen molar-refractivity contribution in [2.45, 2.75) is 0 Å². The minimum Gasteiger partial charge on any atom is -0.491 e. The second-order valence-corrected chi connectivity index (χ2v) is 1.88. The van der Waals surface area contributed by atoms with E-state index >= 15 is 0 Å². The predicted molar refractivity (Wildman–Crippen MR) is 35.3 cm³/mol. The Labute approximate surface area is 62.4 Å². The van der Waals surface area contributed by atoms with Crippen LogP contribution in [0.5, 0.6) is 11.6 Å². The van der Waals surface area contributed by atoms with Crippen LogP contribution in [0.15, 0.2) is 6.33 Å². The van der Waals surface area contributed by atoms with Gasteiger partial charge in [0.25, 0.3) is 5.88 Å². The number of nitrogens with zero attached hydrogens (tertiary/aromatic N) is 2. The van der Waals surface area contributed by atoms with Gasteiger partial charge >= 0.3 is 0 Å². The van der Waals surface area contributed by atoms with Gasteiger partial charge in [-0.15, -0.1) is 0 Å². The largest absolute Gasteiger partial charge is 0.491 e. The molecular formula is C5H5ClN2O2. The normalized spacial score (nSPS) is 9.40. The summed E-state index contributed by atoms with van der Waals surface area (Å²) >= 11 is 5.49. The van der Waals surface area contributed by atoms with Crippen molar-refractivity contribution in [3.8, 4) is 11.6 Å². The summed E-state index contributed by atoms with van der Waals surface area (Å²) in [6.07, 6.45) is 1.15. The van der Waals surface area contributed by atoms with Crippen molar-refractivity contribution in [3.05, 3.63) is 11.5 Å². The van der Waals surface area contributed by atoms with Gasteiger partial charge in [0.15, 0.2) is 5.15 Å². The summed E-state index contributed by atoms with van der Waals surface area (Å²) in [4.78, 5) is 7.03. The first-order valence-corrected chi connectivity index (χ1v) is 2.87. The van der Waals surface area contributed by atoms with Crippen LogP contribution in [0.1, 0.15) is 0 Å². The molecule has 0 unspecified atom stereocenters. The third kappa shape index (κ3) is 1.11. The van der Waals surface area contributed by atoms with Crippen molar-refractivity contribution in [1.29, 1.82) is 0 Å². The minimum atomic E-state index is -0.248. The summed E-state index contributed by atoms with van der Waals surface area (Å²) in [5.74, 6) is -0.147. The lowest BCUT2D eigenvalue weighted by Gasteiger charge is -2.00. The molecule has 5 heteroatoms. The molecule has 1 rings (SSSR count). The second-order valence-electron chi connectivity index (χ2n) is 1.52. The van der Waals surface area contributed by atoms with Crippen molar-refractivity contribution in [3.63, 3.8) is 0 Å². The minimum absolute atomic E-state index is 0.101. The SMILES string of the molecule is COc1c(O)ncnc1Cl. The third-order valence-corrected chi connectivity index (χ3v) is 1.21. The quantitative estimate of drug-likeness (QED) is 0.619. The summed E-state index contributed by atoms with van der Waals surface area (Å²) in [7, 11) is 1.38. The van der Waals surface area contributed by atoms with Crippen LogP contribution < -0.4 is 4.74 Å². The first-order chi connectivity index (χ1) is 4.75. The topological polar surface area (TPSA) is 55.2 Å². The van der Waals surface area contributed by atoms with Crippen LogP contribution in [0.25, 0.3) is 0 Å². The number of hydrogen-bond donors (Lipinski definition) is 1. The summed E-state index contributed by atoms with van der Waals surface area (Å²) in [6, 6.07) is 0. The molecule has 0 spiro atoms. The van der Waals surface area contributed by atoms with Gasteiger partial charge in [0.05, 0.1) is 7.11 Å². The highest BCUT2D eigenvalue weighted by molar-refractivity contribution is 6.30. The summed E-state index contributed by atoms with van der Waals surface area (Å²) in [5.41, 5.74) is 0. The van der Waals surface area contributed by atoms with Gasteiger partial charge in [-0.3, -0.25) is 0 Å². The molecule has 0 aliphatic rings. The molecule has 0 fully saturated rings. The zero-order chi connectivity index (χ0) is 7.56. The molecule has 0 aromatic carbocycles. The van der Waals surface area contributed by atoms with E-state index < -0.39 is 0 Å². The highest BCUT2D eigenvalue weighted by Gasteiger charge is 2.06. The molecule has 1 aromatic heterocycles. The molecule has 0 amide bonds. The Morgan fingerprint density at radius 3 is 2.70 bits per heavy atom. The van der Waals surface area contributed by atoms with Crippen LogP contribution in [-0.2, 0) is 0 Å². The van der Waals surface area contributed by atoms with E-state index in [0.29, 0.717) is 0 Å². The number of aromatic hydroxyl groups is 1. The van der Waals surface area contributed by atoms with E-state index in [0.717, 1.165) is 6.33 Å². The monoisotopic (exact) mass is 160 g/mol. The van der Waals surface area contributed by atoms with Crippen molar-refractivity contribution in [1.82, 2.24) is 9.97 Å². The number of ether oxygens (including phenoxy) is 1. The fourth-order valence-corrected chi connectivity index (χ4v) is 0.725. The molecule has 0 saturated carbocycles. The van der Waals surface area contributed by atoms with Crippen LogP contribution >= 0.6 is 11.6 Å². The molecule has 4 nitrogen and oxygen atoms in total.